The molecular formula is C23H42INO4. The first-order valence-corrected chi connectivity index (χ1v) is 12.1. The van der Waals surface area contributed by atoms with Gasteiger partial charge in [0.25, 0.3) is 0 Å². The fraction of sp³-hybridized carbons (Fsp3) is 0.913. The third-order valence-electron chi connectivity index (χ3n) is 6.36. The predicted molar refractivity (Wildman–Crippen MR) is 126 cm³/mol. The Balaban J connectivity index is 2.89. The van der Waals surface area contributed by atoms with E-state index in [0.717, 1.165) is 6.42 Å². The SMILES string of the molecule is CC(C)O[C@@H]1CC(COC(C)I)N(C(=O)CC(C)(C)C(C)(C)CC(=O)C(C)C)C1. The second-order valence-electron chi connectivity index (χ2n) is 10.4. The van der Waals surface area contributed by atoms with Gasteiger partial charge in [0.15, 0.2) is 0 Å². The summed E-state index contributed by atoms with van der Waals surface area (Å²) in [5.74, 6) is 0.402. The van der Waals surface area contributed by atoms with Gasteiger partial charge in [0.05, 0.1) is 24.9 Å². The van der Waals surface area contributed by atoms with E-state index in [1.165, 1.54) is 0 Å². The molecule has 0 aliphatic carbocycles. The highest BCUT2D eigenvalue weighted by molar-refractivity contribution is 14.1. The Morgan fingerprint density at radius 1 is 1.03 bits per heavy atom. The third kappa shape index (κ3) is 8.09. The summed E-state index contributed by atoms with van der Waals surface area (Å²) in [5, 5.41) is 0. The molecular weight excluding hydrogens is 481 g/mol. The molecule has 6 heteroatoms. The highest BCUT2D eigenvalue weighted by atomic mass is 127. The van der Waals surface area contributed by atoms with Crippen molar-refractivity contribution in [3.8, 4) is 0 Å². The van der Waals surface area contributed by atoms with E-state index in [2.05, 4.69) is 50.3 Å². The summed E-state index contributed by atoms with van der Waals surface area (Å²) in [6.07, 6.45) is 1.90. The summed E-state index contributed by atoms with van der Waals surface area (Å²) in [4.78, 5) is 27.7. The average Bonchev–Trinajstić information content (AvgIpc) is 2.93. The summed E-state index contributed by atoms with van der Waals surface area (Å²) in [6.45, 7) is 19.5. The second kappa shape index (κ2) is 10.9. The number of ketones is 1. The molecule has 0 aromatic heterocycles. The molecule has 0 aromatic rings. The minimum Gasteiger partial charge on any atom is -0.374 e. The van der Waals surface area contributed by atoms with E-state index in [0.29, 0.717) is 26.0 Å². The van der Waals surface area contributed by atoms with Crippen LogP contribution in [0, 0.1) is 16.7 Å². The number of nitrogens with zero attached hydrogens (tertiary/aromatic N) is 1. The fourth-order valence-electron chi connectivity index (χ4n) is 3.66. The van der Waals surface area contributed by atoms with Gasteiger partial charge in [0.1, 0.15) is 9.89 Å². The number of rotatable bonds is 11. The zero-order valence-electron chi connectivity index (χ0n) is 19.9. The number of hydrogen-bond donors (Lipinski definition) is 0. The van der Waals surface area contributed by atoms with Crippen LogP contribution in [0.5, 0.6) is 0 Å². The van der Waals surface area contributed by atoms with Crippen LogP contribution in [0.3, 0.4) is 0 Å². The molecule has 1 aliphatic heterocycles. The smallest absolute Gasteiger partial charge is 0.223 e. The van der Waals surface area contributed by atoms with Gasteiger partial charge in [-0.1, -0.05) is 64.1 Å². The molecule has 29 heavy (non-hydrogen) atoms. The minimum absolute atomic E-state index is 0.0186. The lowest BCUT2D eigenvalue weighted by atomic mass is 9.63. The topological polar surface area (TPSA) is 55.8 Å². The molecule has 1 heterocycles. The minimum atomic E-state index is -0.298. The van der Waals surface area contributed by atoms with E-state index in [1.54, 1.807) is 0 Å². The van der Waals surface area contributed by atoms with Crippen molar-refractivity contribution in [2.24, 2.45) is 16.7 Å². The van der Waals surface area contributed by atoms with E-state index in [1.807, 2.05) is 39.5 Å². The van der Waals surface area contributed by atoms with E-state index in [9.17, 15) is 9.59 Å². The predicted octanol–water partition coefficient (Wildman–Crippen LogP) is 5.24. The van der Waals surface area contributed by atoms with Gasteiger partial charge in [0.2, 0.25) is 5.91 Å². The van der Waals surface area contributed by atoms with Crippen LogP contribution in [0.2, 0.25) is 0 Å². The van der Waals surface area contributed by atoms with Crippen molar-refractivity contribution in [2.75, 3.05) is 13.2 Å². The van der Waals surface area contributed by atoms with Crippen molar-refractivity contribution in [1.29, 1.82) is 0 Å². The number of likely N-dealkylation sites (tertiary alicyclic amines) is 1. The number of amides is 1. The Hall–Kier alpha value is -0.210. The lowest BCUT2D eigenvalue weighted by molar-refractivity contribution is -0.139. The maximum atomic E-state index is 13.3. The van der Waals surface area contributed by atoms with Crippen LogP contribution in [-0.4, -0.2) is 52.1 Å². The van der Waals surface area contributed by atoms with Crippen molar-refractivity contribution in [2.45, 2.75) is 104 Å². The highest BCUT2D eigenvalue weighted by Gasteiger charge is 2.43. The number of ether oxygens (including phenoxy) is 2. The molecule has 0 saturated carbocycles. The third-order valence-corrected chi connectivity index (χ3v) is 6.72. The highest BCUT2D eigenvalue weighted by Crippen LogP contribution is 2.45. The molecule has 5 nitrogen and oxygen atoms in total. The van der Waals surface area contributed by atoms with Gasteiger partial charge in [-0.05, 0) is 38.0 Å². The zero-order valence-corrected chi connectivity index (χ0v) is 22.0. The van der Waals surface area contributed by atoms with Crippen molar-refractivity contribution < 1.29 is 19.1 Å². The summed E-state index contributed by atoms with van der Waals surface area (Å²) in [5.41, 5.74) is -0.562. The molecule has 1 amide bonds. The fourth-order valence-corrected chi connectivity index (χ4v) is 3.87. The monoisotopic (exact) mass is 523 g/mol. The molecule has 0 N–H and O–H groups in total. The van der Waals surface area contributed by atoms with E-state index in [4.69, 9.17) is 9.47 Å². The first-order valence-electron chi connectivity index (χ1n) is 10.9. The van der Waals surface area contributed by atoms with Gasteiger partial charge >= 0.3 is 0 Å². The van der Waals surface area contributed by atoms with Gasteiger partial charge in [-0.3, -0.25) is 9.59 Å². The lowest BCUT2D eigenvalue weighted by Crippen LogP contribution is -2.44. The molecule has 1 fully saturated rings. The molecule has 2 unspecified atom stereocenters. The number of halogens is 1. The Kier molecular flexibility index (Phi) is 10.1. The summed E-state index contributed by atoms with van der Waals surface area (Å²) < 4.78 is 11.9. The van der Waals surface area contributed by atoms with Crippen LogP contribution in [0.4, 0.5) is 0 Å². The molecule has 3 atom stereocenters. The van der Waals surface area contributed by atoms with E-state index < -0.39 is 0 Å². The van der Waals surface area contributed by atoms with E-state index >= 15 is 0 Å². The van der Waals surface area contributed by atoms with Crippen molar-refractivity contribution in [1.82, 2.24) is 4.90 Å². The quantitative estimate of drug-likeness (QED) is 0.275. The van der Waals surface area contributed by atoms with Crippen LogP contribution in [0.1, 0.15) is 81.6 Å². The molecule has 1 aliphatic rings. The zero-order chi connectivity index (χ0) is 22.6. The van der Waals surface area contributed by atoms with Crippen LogP contribution in [-0.2, 0) is 19.1 Å². The number of alkyl halides is 1. The lowest BCUT2D eigenvalue weighted by Gasteiger charge is -2.42. The largest absolute Gasteiger partial charge is 0.374 e. The number of hydrogen-bond acceptors (Lipinski definition) is 4. The van der Waals surface area contributed by atoms with Gasteiger partial charge in [-0.2, -0.15) is 0 Å². The molecule has 1 saturated heterocycles. The molecule has 0 radical (unpaired) electrons. The molecule has 0 aromatic carbocycles. The summed E-state index contributed by atoms with van der Waals surface area (Å²) in [6, 6.07) is 0.0414. The Morgan fingerprint density at radius 2 is 1.59 bits per heavy atom. The Morgan fingerprint density at radius 3 is 2.07 bits per heavy atom. The van der Waals surface area contributed by atoms with Gasteiger partial charge < -0.3 is 14.4 Å². The Bertz CT molecular complexity index is 557. The van der Waals surface area contributed by atoms with Gasteiger partial charge in [-0.25, -0.2) is 0 Å². The number of carbonyl (C=O) groups is 2. The van der Waals surface area contributed by atoms with Crippen molar-refractivity contribution in [3.05, 3.63) is 0 Å². The van der Waals surface area contributed by atoms with E-state index in [-0.39, 0.29) is 50.8 Å². The van der Waals surface area contributed by atoms with Crippen LogP contribution >= 0.6 is 22.6 Å². The Labute approximate surface area is 191 Å². The summed E-state index contributed by atoms with van der Waals surface area (Å²) >= 11 is 2.24. The summed E-state index contributed by atoms with van der Waals surface area (Å²) in [7, 11) is 0. The second-order valence-corrected chi connectivity index (χ2v) is 12.1. The molecule has 0 spiro atoms. The standard InChI is InChI=1S/C23H42INO4/c1-15(2)20(26)11-22(6,7)23(8,9)12-21(27)25-13-19(29-16(3)4)10-18(25)14-28-17(5)24/h15-19H,10-14H2,1-9H3/t17?,18?,19-/m1/s1. The molecule has 0 bridgehead atoms. The van der Waals surface area contributed by atoms with Crippen LogP contribution < -0.4 is 0 Å². The van der Waals surface area contributed by atoms with Crippen molar-refractivity contribution >= 4 is 34.3 Å². The number of Topliss-reactive ketones (excluding diaryl/α,β-unsaturated/α-hetero) is 1. The molecule has 1 rings (SSSR count). The van der Waals surface area contributed by atoms with Crippen LogP contribution in [0.25, 0.3) is 0 Å². The van der Waals surface area contributed by atoms with Crippen molar-refractivity contribution in [3.63, 3.8) is 0 Å². The average molecular weight is 523 g/mol. The van der Waals surface area contributed by atoms with Gasteiger partial charge in [-0.15, -0.1) is 0 Å². The first kappa shape index (κ1) is 26.8. The first-order chi connectivity index (χ1) is 13.2. The maximum Gasteiger partial charge on any atom is 0.223 e. The number of carbonyl (C=O) groups excluding carboxylic acids is 2. The normalized spacial score (nSPS) is 21.9. The molecule has 170 valence electrons. The van der Waals surface area contributed by atoms with Gasteiger partial charge in [0, 0.05) is 25.3 Å². The van der Waals surface area contributed by atoms with Crippen LogP contribution in [0.15, 0.2) is 0 Å². The maximum absolute atomic E-state index is 13.3.